The Morgan fingerprint density at radius 2 is 0.958 bits per heavy atom. The van der Waals surface area contributed by atoms with E-state index < -0.39 is 45.0 Å². The number of ether oxygens (including phenoxy) is 1. The summed E-state index contributed by atoms with van der Waals surface area (Å²) in [7, 11) is 1.38. The molecule has 4 heterocycles. The number of amides is 4. The monoisotopic (exact) mass is 1010 g/mol. The van der Waals surface area contributed by atoms with Crippen LogP contribution in [-0.2, 0) is 9.59 Å². The van der Waals surface area contributed by atoms with Crippen molar-refractivity contribution in [3.05, 3.63) is 146 Å². The molecule has 4 aliphatic rings. The lowest BCUT2D eigenvalue weighted by Gasteiger charge is -2.37. The molecule has 2 unspecified atom stereocenters. The number of nitrogens with one attached hydrogen (secondary N) is 4. The van der Waals surface area contributed by atoms with Gasteiger partial charge in [0, 0.05) is 38.3 Å². The maximum atomic E-state index is 13.8. The van der Waals surface area contributed by atoms with Crippen LogP contribution in [-0.4, -0.2) is 107 Å². The summed E-state index contributed by atoms with van der Waals surface area (Å²) in [5.74, 6) is -2.75. The van der Waals surface area contributed by atoms with Crippen LogP contribution < -0.4 is 47.7 Å². The van der Waals surface area contributed by atoms with Gasteiger partial charge in [-0.2, -0.15) is 0 Å². The molecule has 4 fully saturated rings. The highest BCUT2D eigenvalue weighted by atomic mass is 35.5. The molecule has 0 aliphatic carbocycles. The summed E-state index contributed by atoms with van der Waals surface area (Å²) >= 11 is 11.9. The van der Waals surface area contributed by atoms with Gasteiger partial charge in [-0.3, -0.25) is 38.4 Å². The van der Waals surface area contributed by atoms with E-state index in [0.717, 1.165) is 31.7 Å². The Morgan fingerprint density at radius 1 is 0.577 bits per heavy atom. The first-order valence-electron chi connectivity index (χ1n) is 22.3. The van der Waals surface area contributed by atoms with Gasteiger partial charge < -0.3 is 50.7 Å². The second kappa shape index (κ2) is 19.5. The summed E-state index contributed by atoms with van der Waals surface area (Å²) in [5, 5.41) is 21.2. The average Bonchev–Trinajstić information content (AvgIpc) is 4.07. The first-order valence-corrected chi connectivity index (χ1v) is 23.1. The van der Waals surface area contributed by atoms with Gasteiger partial charge in [-0.25, -0.2) is 8.78 Å². The van der Waals surface area contributed by atoms with E-state index in [9.17, 15) is 52.2 Å². The first-order chi connectivity index (χ1) is 34.1. The van der Waals surface area contributed by atoms with Crippen LogP contribution in [0.4, 0.5) is 54.3 Å². The van der Waals surface area contributed by atoms with Gasteiger partial charge >= 0.3 is 0 Å². The van der Waals surface area contributed by atoms with E-state index in [4.69, 9.17) is 27.9 Å². The lowest BCUT2D eigenvalue weighted by Crippen LogP contribution is -2.55. The number of benzene rings is 4. The Balaban J connectivity index is 0.000000176. The highest BCUT2D eigenvalue weighted by molar-refractivity contribution is 6.34. The number of fused-ring (bicyclic) bond motifs is 2. The van der Waals surface area contributed by atoms with E-state index in [1.54, 1.807) is 23.1 Å². The number of carbonyl (C=O) groups is 4. The maximum absolute atomic E-state index is 13.8. The fraction of sp³-hybridized carbons (Fsp3) is 0.265. The molecule has 0 spiro atoms. The van der Waals surface area contributed by atoms with Crippen molar-refractivity contribution in [2.24, 2.45) is 0 Å². The van der Waals surface area contributed by atoms with Gasteiger partial charge in [-0.1, -0.05) is 47.5 Å². The fourth-order valence-electron chi connectivity index (χ4n) is 9.34. The standard InChI is InChI=1S/C25H22ClFN4O5.C24H20ClFN4O5/c1-36-24-14(25(35)30-11-13-5-4-10-31(13)18(32)12-30)6-2-9-17(24)29-21-20(22(33)23(21)34)28-16-8-3-7-15(27)19(16)26;25-18-14(26)6-2-7-15(18)27-19-20(23(34)22(19)33)28-16-8-1-5-13(21(16)32)24(35)29-10-12-4-3-9-30(12)17(31)11-29/h2-3,6-9,13,28-29H,4-5,10-12H2,1H3;1-2,5-8,12,27-28,32H,3-4,9-11H2. The molecule has 18 nitrogen and oxygen atoms in total. The average molecular weight is 1010 g/mol. The Labute approximate surface area is 411 Å². The summed E-state index contributed by atoms with van der Waals surface area (Å²) in [6, 6.07) is 17.1. The highest BCUT2D eigenvalue weighted by Crippen LogP contribution is 2.38. The molecule has 10 rings (SSSR count). The van der Waals surface area contributed by atoms with E-state index in [1.165, 1.54) is 65.4 Å². The van der Waals surface area contributed by atoms with Crippen LogP contribution in [0, 0.1) is 11.6 Å². The number of methoxy groups -OCH3 is 1. The third kappa shape index (κ3) is 8.99. The molecule has 4 aliphatic heterocycles. The van der Waals surface area contributed by atoms with Crippen molar-refractivity contribution < 1.29 is 37.8 Å². The lowest BCUT2D eigenvalue weighted by molar-refractivity contribution is -0.137. The minimum atomic E-state index is -0.848. The van der Waals surface area contributed by atoms with E-state index in [0.29, 0.717) is 26.2 Å². The first kappa shape index (κ1) is 48.2. The predicted molar refractivity (Wildman–Crippen MR) is 261 cm³/mol. The molecule has 366 valence electrons. The second-order valence-electron chi connectivity index (χ2n) is 17.2. The number of phenolic OH excluding ortho intramolecular Hbond substituents is 1. The Bertz CT molecular complexity index is 3320. The fourth-order valence-corrected chi connectivity index (χ4v) is 9.69. The molecule has 0 bridgehead atoms. The molecule has 2 atom stereocenters. The predicted octanol–water partition coefficient (Wildman–Crippen LogP) is 5.73. The van der Waals surface area contributed by atoms with Crippen molar-refractivity contribution in [2.45, 2.75) is 37.8 Å². The SMILES string of the molecule is COc1c(Nc2c(Nc3cccc(F)c3Cl)c(=O)c2=O)cccc1C(=O)N1CC(=O)N2CCCC2C1.O=C(c1cccc(Nc2c(Nc3cccc(F)c3Cl)c(=O)c2=O)c1O)N1CC(=O)N2CCCC2C1. The third-order valence-electron chi connectivity index (χ3n) is 13.0. The molecule has 4 saturated heterocycles. The Kier molecular flexibility index (Phi) is 13.2. The molecule has 6 aromatic rings. The van der Waals surface area contributed by atoms with Crippen molar-refractivity contribution in [3.63, 3.8) is 0 Å². The minimum absolute atomic E-state index is 0.00884. The lowest BCUT2D eigenvalue weighted by atomic mass is 10.1. The van der Waals surface area contributed by atoms with E-state index >= 15 is 0 Å². The molecule has 0 saturated carbocycles. The van der Waals surface area contributed by atoms with Gasteiger partial charge in [0.05, 0.1) is 51.0 Å². The van der Waals surface area contributed by atoms with Crippen LogP contribution in [0.15, 0.2) is 92.0 Å². The van der Waals surface area contributed by atoms with Gasteiger partial charge in [0.1, 0.15) is 47.5 Å². The summed E-state index contributed by atoms with van der Waals surface area (Å²) in [4.78, 5) is 107. The van der Waals surface area contributed by atoms with E-state index in [1.807, 2.05) is 4.90 Å². The second-order valence-corrected chi connectivity index (χ2v) is 18.0. The van der Waals surface area contributed by atoms with Gasteiger partial charge in [0.15, 0.2) is 11.5 Å². The summed E-state index contributed by atoms with van der Waals surface area (Å²) in [6.07, 6.45) is 3.48. The smallest absolute Gasteiger partial charge is 0.258 e. The number of aromatic hydroxyl groups is 1. The van der Waals surface area contributed by atoms with Crippen LogP contribution in [0.2, 0.25) is 10.0 Å². The number of halogens is 4. The zero-order chi connectivity index (χ0) is 50.4. The quantitative estimate of drug-likeness (QED) is 0.0772. The maximum Gasteiger partial charge on any atom is 0.258 e. The van der Waals surface area contributed by atoms with E-state index in [-0.39, 0.29) is 115 Å². The number of anilines is 8. The number of rotatable bonds is 11. The van der Waals surface area contributed by atoms with E-state index in [2.05, 4.69) is 21.3 Å². The number of hydrogen-bond acceptors (Lipinski definition) is 14. The molecule has 4 amide bonds. The zero-order valence-corrected chi connectivity index (χ0v) is 39.1. The highest BCUT2D eigenvalue weighted by Gasteiger charge is 2.40. The summed E-state index contributed by atoms with van der Waals surface area (Å²) in [5.41, 5.74) is -3.08. The molecule has 5 N–H and O–H groups in total. The normalized spacial score (nSPS) is 17.4. The van der Waals surface area contributed by atoms with Crippen LogP contribution in [0.25, 0.3) is 0 Å². The summed E-state index contributed by atoms with van der Waals surface area (Å²) in [6.45, 7) is 2.13. The van der Waals surface area contributed by atoms with Crippen LogP contribution in [0.3, 0.4) is 0 Å². The number of phenols is 1. The molecule has 0 radical (unpaired) electrons. The third-order valence-corrected chi connectivity index (χ3v) is 13.7. The minimum Gasteiger partial charge on any atom is -0.505 e. The summed E-state index contributed by atoms with van der Waals surface area (Å²) < 4.78 is 33.1. The molecule has 22 heteroatoms. The number of nitrogens with zero attached hydrogens (tertiary/aromatic N) is 4. The molecular formula is C49H42Cl2F2N8O10. The number of hydrogen-bond donors (Lipinski definition) is 5. The van der Waals surface area contributed by atoms with Crippen LogP contribution >= 0.6 is 23.2 Å². The van der Waals surface area contributed by atoms with Crippen LogP contribution in [0.5, 0.6) is 11.5 Å². The molecule has 71 heavy (non-hydrogen) atoms. The number of carbonyl (C=O) groups excluding carboxylic acids is 4. The number of para-hydroxylation sites is 2. The topological polar surface area (TPSA) is 227 Å². The molecule has 0 aromatic heterocycles. The number of piperazine rings is 2. The van der Waals surface area contributed by atoms with Gasteiger partial charge in [-0.05, 0) is 74.2 Å². The van der Waals surface area contributed by atoms with Gasteiger partial charge in [-0.15, -0.1) is 0 Å². The zero-order valence-electron chi connectivity index (χ0n) is 37.6. The largest absolute Gasteiger partial charge is 0.505 e. The molecular weight excluding hydrogens is 969 g/mol. The van der Waals surface area contributed by atoms with Crippen LogP contribution in [0.1, 0.15) is 46.4 Å². The van der Waals surface area contributed by atoms with Crippen molar-refractivity contribution >= 4 is 92.3 Å². The van der Waals surface area contributed by atoms with Crippen molar-refractivity contribution in [3.8, 4) is 11.5 Å². The van der Waals surface area contributed by atoms with Gasteiger partial charge in [0.2, 0.25) is 11.8 Å². The van der Waals surface area contributed by atoms with Crippen molar-refractivity contribution in [1.82, 2.24) is 19.6 Å². The van der Waals surface area contributed by atoms with Crippen molar-refractivity contribution in [1.29, 1.82) is 0 Å². The molecule has 6 aromatic carbocycles. The van der Waals surface area contributed by atoms with Crippen molar-refractivity contribution in [2.75, 3.05) is 67.6 Å². The van der Waals surface area contributed by atoms with Gasteiger partial charge in [0.25, 0.3) is 33.5 Å². The Morgan fingerprint density at radius 3 is 1.42 bits per heavy atom. The Hall–Kier alpha value is -7.84.